The minimum Gasteiger partial charge on any atom is -0.357 e. The van der Waals surface area contributed by atoms with Crippen LogP contribution in [0.1, 0.15) is 48.7 Å². The Labute approximate surface area is 160 Å². The summed E-state index contributed by atoms with van der Waals surface area (Å²) in [6.07, 6.45) is 6.82. The average molecular weight is 358 g/mol. The average Bonchev–Trinajstić information content (AvgIpc) is 3.21. The monoisotopic (exact) mass is 357 g/mol. The fraction of sp³-hybridized carbons (Fsp3) is 0.292. The molecule has 0 radical (unpaired) electrons. The van der Waals surface area contributed by atoms with Gasteiger partial charge in [-0.2, -0.15) is 0 Å². The highest BCUT2D eigenvalue weighted by Gasteiger charge is 2.08. The van der Waals surface area contributed by atoms with Crippen LogP contribution in [0.5, 0.6) is 0 Å². The Balaban J connectivity index is 1.69. The first-order valence-corrected chi connectivity index (χ1v) is 9.89. The first-order valence-electron chi connectivity index (χ1n) is 9.89. The van der Waals surface area contributed by atoms with E-state index in [0.29, 0.717) is 0 Å². The normalized spacial score (nSPS) is 12.0. The van der Waals surface area contributed by atoms with Crippen molar-refractivity contribution in [1.29, 1.82) is 0 Å². The number of aromatic amines is 2. The van der Waals surface area contributed by atoms with Crippen LogP contribution in [-0.2, 0) is 6.42 Å². The predicted molar refractivity (Wildman–Crippen MR) is 117 cm³/mol. The fourth-order valence-corrected chi connectivity index (χ4v) is 3.80. The van der Waals surface area contributed by atoms with Gasteiger partial charge in [0.2, 0.25) is 0 Å². The van der Waals surface area contributed by atoms with Gasteiger partial charge < -0.3 is 9.97 Å². The molecule has 4 aromatic rings. The zero-order chi connectivity index (χ0) is 18.8. The molecule has 0 spiro atoms. The van der Waals surface area contributed by atoms with Gasteiger partial charge in [0.15, 0.2) is 0 Å². The van der Waals surface area contributed by atoms with Gasteiger partial charge in [-0.25, -0.2) is 0 Å². The number of unbranched alkanes of at least 4 members (excludes halogenated alkanes) is 2. The van der Waals surface area contributed by atoms with E-state index in [9.17, 15) is 0 Å². The van der Waals surface area contributed by atoms with E-state index in [-0.39, 0.29) is 0 Å². The van der Waals surface area contributed by atoms with Gasteiger partial charge in [0.05, 0.1) is 23.1 Å². The zero-order valence-electron chi connectivity index (χ0n) is 16.4. The summed E-state index contributed by atoms with van der Waals surface area (Å²) in [7, 11) is 0. The molecule has 0 unspecified atom stereocenters. The summed E-state index contributed by atoms with van der Waals surface area (Å²) in [5, 5.41) is 2.51. The molecule has 0 aliphatic heterocycles. The van der Waals surface area contributed by atoms with Gasteiger partial charge in [-0.3, -0.25) is 4.99 Å². The van der Waals surface area contributed by atoms with Crippen molar-refractivity contribution < 1.29 is 0 Å². The van der Waals surface area contributed by atoms with Crippen LogP contribution >= 0.6 is 0 Å². The minimum absolute atomic E-state index is 1.00. The van der Waals surface area contributed by atoms with Crippen LogP contribution in [0.3, 0.4) is 0 Å². The molecule has 2 aromatic carbocycles. The summed E-state index contributed by atoms with van der Waals surface area (Å²) in [5.41, 5.74) is 8.15. The first kappa shape index (κ1) is 17.6. The molecule has 0 saturated carbocycles. The molecule has 0 aliphatic rings. The quantitative estimate of drug-likeness (QED) is 0.283. The van der Waals surface area contributed by atoms with Gasteiger partial charge >= 0.3 is 0 Å². The van der Waals surface area contributed by atoms with Gasteiger partial charge in [-0.05, 0) is 62.1 Å². The summed E-state index contributed by atoms with van der Waals surface area (Å²) < 4.78 is 0. The second kappa shape index (κ2) is 7.43. The molecule has 0 aliphatic carbocycles. The van der Waals surface area contributed by atoms with Crippen molar-refractivity contribution >= 4 is 33.7 Å². The van der Waals surface area contributed by atoms with Crippen molar-refractivity contribution in [2.45, 2.75) is 46.5 Å². The van der Waals surface area contributed by atoms with Crippen molar-refractivity contribution in [3.05, 3.63) is 65.0 Å². The lowest BCUT2D eigenvalue weighted by molar-refractivity contribution is 0.710. The molecular weight excluding hydrogens is 330 g/mol. The number of hydrogen-bond donors (Lipinski definition) is 2. The molecule has 27 heavy (non-hydrogen) atoms. The largest absolute Gasteiger partial charge is 0.357 e. The number of hydrogen-bond acceptors (Lipinski definition) is 1. The maximum absolute atomic E-state index is 4.84. The molecule has 0 saturated heterocycles. The van der Waals surface area contributed by atoms with Gasteiger partial charge in [0, 0.05) is 22.0 Å². The minimum atomic E-state index is 1.00. The molecule has 3 heteroatoms. The van der Waals surface area contributed by atoms with Crippen molar-refractivity contribution in [1.82, 2.24) is 9.97 Å². The molecule has 0 bridgehead atoms. The third-order valence-electron chi connectivity index (χ3n) is 5.29. The first-order chi connectivity index (χ1) is 13.2. The Morgan fingerprint density at radius 2 is 1.85 bits per heavy atom. The third kappa shape index (κ3) is 3.55. The number of aryl methyl sites for hydroxylation is 3. The van der Waals surface area contributed by atoms with Crippen LogP contribution in [0, 0.1) is 13.8 Å². The molecule has 2 aromatic heterocycles. The topological polar surface area (TPSA) is 43.9 Å². The number of para-hydroxylation sites is 1. The van der Waals surface area contributed by atoms with E-state index in [0.717, 1.165) is 28.8 Å². The van der Waals surface area contributed by atoms with Crippen molar-refractivity contribution in [2.24, 2.45) is 4.99 Å². The Hall–Kier alpha value is -2.81. The van der Waals surface area contributed by atoms with Gasteiger partial charge in [-0.15, -0.1) is 0 Å². The predicted octanol–water partition coefficient (Wildman–Crippen LogP) is 6.75. The van der Waals surface area contributed by atoms with E-state index in [1.54, 1.807) is 0 Å². The number of rotatable bonds is 6. The molecular formula is C24H27N3. The maximum Gasteiger partial charge on any atom is 0.0874 e. The van der Waals surface area contributed by atoms with Gasteiger partial charge in [0.25, 0.3) is 0 Å². The molecule has 2 heterocycles. The van der Waals surface area contributed by atoms with Crippen molar-refractivity contribution in [3.8, 4) is 0 Å². The van der Waals surface area contributed by atoms with E-state index < -0.39 is 0 Å². The van der Waals surface area contributed by atoms with E-state index in [1.165, 1.54) is 46.9 Å². The number of aliphatic imine (C=N–C) groups is 1. The number of benzene rings is 2. The molecule has 0 amide bonds. The van der Waals surface area contributed by atoms with E-state index in [1.807, 2.05) is 6.21 Å². The number of nitrogens with one attached hydrogen (secondary N) is 2. The Kier molecular flexibility index (Phi) is 4.85. The van der Waals surface area contributed by atoms with Crippen LogP contribution < -0.4 is 0 Å². The second-order valence-electron chi connectivity index (χ2n) is 7.47. The Morgan fingerprint density at radius 3 is 2.67 bits per heavy atom. The number of H-pyrrole nitrogens is 2. The zero-order valence-corrected chi connectivity index (χ0v) is 16.4. The lowest BCUT2D eigenvalue weighted by Crippen LogP contribution is -1.85. The Bertz CT molecular complexity index is 1110. The lowest BCUT2D eigenvalue weighted by Gasteiger charge is -2.00. The van der Waals surface area contributed by atoms with E-state index in [2.05, 4.69) is 73.2 Å². The maximum atomic E-state index is 4.84. The molecule has 138 valence electrons. The van der Waals surface area contributed by atoms with Crippen molar-refractivity contribution in [3.63, 3.8) is 0 Å². The van der Waals surface area contributed by atoms with Crippen LogP contribution in [0.2, 0.25) is 0 Å². The number of aromatic nitrogens is 2. The van der Waals surface area contributed by atoms with Crippen LogP contribution in [0.4, 0.5) is 5.69 Å². The summed E-state index contributed by atoms with van der Waals surface area (Å²) in [6.45, 7) is 6.52. The number of fused-ring (bicyclic) bond motifs is 2. The summed E-state index contributed by atoms with van der Waals surface area (Å²) in [4.78, 5) is 11.9. The highest BCUT2D eigenvalue weighted by molar-refractivity contribution is 5.97. The SMILES string of the molecule is CCCCCc1cc2cc(C)cc(N=Cc3[nH]c4ccccc4c3C)c2[nH]1. The number of nitrogens with zero attached hydrogens (tertiary/aromatic N) is 1. The van der Waals surface area contributed by atoms with E-state index in [4.69, 9.17) is 4.99 Å². The van der Waals surface area contributed by atoms with Crippen LogP contribution in [0.15, 0.2) is 47.5 Å². The smallest absolute Gasteiger partial charge is 0.0874 e. The highest BCUT2D eigenvalue weighted by Crippen LogP contribution is 2.29. The third-order valence-corrected chi connectivity index (χ3v) is 5.29. The molecule has 0 atom stereocenters. The molecule has 4 rings (SSSR count). The standard InChI is InChI=1S/C24H27N3/c1-4-5-6-9-19-14-18-12-16(2)13-22(24(18)26-19)25-15-23-17(3)20-10-7-8-11-21(20)27-23/h7-8,10-15,26-27H,4-6,9H2,1-3H3. The lowest BCUT2D eigenvalue weighted by atomic mass is 10.1. The highest BCUT2D eigenvalue weighted by atomic mass is 14.8. The summed E-state index contributed by atoms with van der Waals surface area (Å²) in [5.74, 6) is 0. The summed E-state index contributed by atoms with van der Waals surface area (Å²) in [6, 6.07) is 15.1. The molecule has 0 fully saturated rings. The Morgan fingerprint density at radius 1 is 1.00 bits per heavy atom. The molecule has 2 N–H and O–H groups in total. The van der Waals surface area contributed by atoms with Crippen LogP contribution in [0.25, 0.3) is 21.8 Å². The summed E-state index contributed by atoms with van der Waals surface area (Å²) >= 11 is 0. The van der Waals surface area contributed by atoms with E-state index >= 15 is 0 Å². The van der Waals surface area contributed by atoms with Gasteiger partial charge in [-0.1, -0.05) is 38.0 Å². The second-order valence-corrected chi connectivity index (χ2v) is 7.47. The van der Waals surface area contributed by atoms with Crippen LogP contribution in [-0.4, -0.2) is 16.2 Å². The fourth-order valence-electron chi connectivity index (χ4n) is 3.80. The molecule has 3 nitrogen and oxygen atoms in total. The van der Waals surface area contributed by atoms with Crippen molar-refractivity contribution in [2.75, 3.05) is 0 Å². The van der Waals surface area contributed by atoms with Gasteiger partial charge in [0.1, 0.15) is 0 Å².